The SMILES string of the molecule is Cc1cccc(C)c1OCC(=O)Nc1ccc2c(c1)OCC(=O)N2Cc1ccccc1. The predicted molar refractivity (Wildman–Crippen MR) is 120 cm³/mol. The molecule has 0 bridgehead atoms. The summed E-state index contributed by atoms with van der Waals surface area (Å²) >= 11 is 0. The minimum atomic E-state index is -0.268. The van der Waals surface area contributed by atoms with Gasteiger partial charge in [0.1, 0.15) is 11.5 Å². The third kappa shape index (κ3) is 4.69. The number of hydrogen-bond acceptors (Lipinski definition) is 4. The van der Waals surface area contributed by atoms with E-state index >= 15 is 0 Å². The smallest absolute Gasteiger partial charge is 0.265 e. The van der Waals surface area contributed by atoms with E-state index in [-0.39, 0.29) is 25.0 Å². The molecule has 4 rings (SSSR count). The Labute approximate surface area is 181 Å². The van der Waals surface area contributed by atoms with Crippen molar-refractivity contribution >= 4 is 23.2 Å². The maximum atomic E-state index is 12.4. The van der Waals surface area contributed by atoms with Gasteiger partial charge in [-0.1, -0.05) is 48.5 Å². The number of carbonyl (C=O) groups excluding carboxylic acids is 2. The van der Waals surface area contributed by atoms with E-state index in [1.165, 1.54) is 0 Å². The molecule has 0 aliphatic carbocycles. The number of ether oxygens (including phenoxy) is 2. The van der Waals surface area contributed by atoms with E-state index in [1.54, 1.807) is 23.1 Å². The van der Waals surface area contributed by atoms with Crippen molar-refractivity contribution in [1.82, 2.24) is 0 Å². The summed E-state index contributed by atoms with van der Waals surface area (Å²) in [6, 6.07) is 20.9. The Hall–Kier alpha value is -3.80. The highest BCUT2D eigenvalue weighted by atomic mass is 16.5. The first-order valence-corrected chi connectivity index (χ1v) is 10.1. The third-order valence-corrected chi connectivity index (χ3v) is 5.13. The van der Waals surface area contributed by atoms with Crippen LogP contribution in [-0.2, 0) is 16.1 Å². The van der Waals surface area contributed by atoms with Crippen LogP contribution in [0, 0.1) is 13.8 Å². The molecule has 0 spiro atoms. The van der Waals surface area contributed by atoms with Crippen LogP contribution in [-0.4, -0.2) is 25.0 Å². The van der Waals surface area contributed by atoms with Crippen LogP contribution in [0.2, 0.25) is 0 Å². The normalized spacial score (nSPS) is 12.7. The molecule has 0 aromatic heterocycles. The number of rotatable bonds is 6. The summed E-state index contributed by atoms with van der Waals surface area (Å²) in [5.74, 6) is 0.913. The molecule has 0 saturated carbocycles. The highest BCUT2D eigenvalue weighted by Gasteiger charge is 2.26. The van der Waals surface area contributed by atoms with E-state index < -0.39 is 0 Å². The fourth-order valence-corrected chi connectivity index (χ4v) is 3.58. The molecular formula is C25H24N2O4. The predicted octanol–water partition coefficient (Wildman–Crippen LogP) is 4.25. The zero-order valence-electron chi connectivity index (χ0n) is 17.6. The molecule has 1 aliphatic rings. The van der Waals surface area contributed by atoms with Gasteiger partial charge in [0.15, 0.2) is 13.2 Å². The van der Waals surface area contributed by atoms with E-state index in [0.717, 1.165) is 22.4 Å². The quantitative estimate of drug-likeness (QED) is 0.652. The molecule has 3 aromatic carbocycles. The Kier molecular flexibility index (Phi) is 5.89. The number of carbonyl (C=O) groups is 2. The second-order valence-electron chi connectivity index (χ2n) is 7.49. The Balaban J connectivity index is 1.44. The van der Waals surface area contributed by atoms with Gasteiger partial charge < -0.3 is 19.7 Å². The average Bonchev–Trinajstić information content (AvgIpc) is 2.76. The topological polar surface area (TPSA) is 67.9 Å². The van der Waals surface area contributed by atoms with Gasteiger partial charge in [0.05, 0.1) is 12.2 Å². The summed E-state index contributed by atoms with van der Waals surface area (Å²) in [7, 11) is 0. The maximum absolute atomic E-state index is 12.4. The summed E-state index contributed by atoms with van der Waals surface area (Å²) < 4.78 is 11.3. The van der Waals surface area contributed by atoms with Crippen molar-refractivity contribution in [2.75, 3.05) is 23.4 Å². The highest BCUT2D eigenvalue weighted by molar-refractivity contribution is 5.99. The lowest BCUT2D eigenvalue weighted by Gasteiger charge is -2.29. The minimum Gasteiger partial charge on any atom is -0.483 e. The number of fused-ring (bicyclic) bond motifs is 1. The van der Waals surface area contributed by atoms with Crippen LogP contribution in [0.15, 0.2) is 66.7 Å². The van der Waals surface area contributed by atoms with Gasteiger partial charge in [-0.05, 0) is 42.7 Å². The molecule has 1 N–H and O–H groups in total. The zero-order chi connectivity index (χ0) is 21.8. The Morgan fingerprint density at radius 2 is 1.77 bits per heavy atom. The number of amides is 2. The van der Waals surface area contributed by atoms with Crippen molar-refractivity contribution in [2.45, 2.75) is 20.4 Å². The Bertz CT molecular complexity index is 1090. The van der Waals surface area contributed by atoms with Gasteiger partial charge in [-0.3, -0.25) is 9.59 Å². The summed E-state index contributed by atoms with van der Waals surface area (Å²) in [5.41, 5.74) is 4.27. The summed E-state index contributed by atoms with van der Waals surface area (Å²) in [6.45, 7) is 4.23. The van der Waals surface area contributed by atoms with Gasteiger partial charge in [0.2, 0.25) is 0 Å². The van der Waals surface area contributed by atoms with Gasteiger partial charge in [-0.25, -0.2) is 0 Å². The largest absolute Gasteiger partial charge is 0.483 e. The third-order valence-electron chi connectivity index (χ3n) is 5.13. The molecular weight excluding hydrogens is 392 g/mol. The van der Waals surface area contributed by atoms with E-state index in [0.29, 0.717) is 23.7 Å². The molecule has 6 heteroatoms. The van der Waals surface area contributed by atoms with Crippen LogP contribution in [0.1, 0.15) is 16.7 Å². The molecule has 1 heterocycles. The number of hydrogen-bond donors (Lipinski definition) is 1. The minimum absolute atomic E-state index is 0.0348. The molecule has 158 valence electrons. The van der Waals surface area contributed by atoms with Crippen LogP contribution in [0.5, 0.6) is 11.5 Å². The average molecular weight is 416 g/mol. The van der Waals surface area contributed by atoms with Crippen molar-refractivity contribution in [3.05, 3.63) is 83.4 Å². The van der Waals surface area contributed by atoms with Gasteiger partial charge in [-0.2, -0.15) is 0 Å². The van der Waals surface area contributed by atoms with E-state index in [2.05, 4.69) is 5.32 Å². The molecule has 0 radical (unpaired) electrons. The molecule has 1 aliphatic heterocycles. The van der Waals surface area contributed by atoms with Crippen molar-refractivity contribution in [3.63, 3.8) is 0 Å². The Morgan fingerprint density at radius 3 is 2.52 bits per heavy atom. The standard InChI is InChI=1S/C25H24N2O4/c1-17-7-6-8-18(2)25(17)31-15-23(28)26-20-11-12-21-22(13-20)30-16-24(29)27(21)14-19-9-4-3-5-10-19/h3-13H,14-16H2,1-2H3,(H,26,28). The first-order valence-electron chi connectivity index (χ1n) is 10.1. The maximum Gasteiger partial charge on any atom is 0.265 e. The molecule has 0 saturated heterocycles. The van der Waals surface area contributed by atoms with Crippen LogP contribution < -0.4 is 19.7 Å². The van der Waals surface area contributed by atoms with Gasteiger partial charge in [0, 0.05) is 11.8 Å². The van der Waals surface area contributed by atoms with Crippen LogP contribution in [0.3, 0.4) is 0 Å². The number of benzene rings is 3. The fourth-order valence-electron chi connectivity index (χ4n) is 3.58. The van der Waals surface area contributed by atoms with Crippen LogP contribution >= 0.6 is 0 Å². The summed E-state index contributed by atoms with van der Waals surface area (Å²) in [5, 5.41) is 2.83. The summed E-state index contributed by atoms with van der Waals surface area (Å²) in [6.07, 6.45) is 0. The molecule has 0 fully saturated rings. The molecule has 6 nitrogen and oxygen atoms in total. The lowest BCUT2D eigenvalue weighted by atomic mass is 10.1. The van der Waals surface area contributed by atoms with Gasteiger partial charge in [0.25, 0.3) is 11.8 Å². The van der Waals surface area contributed by atoms with E-state index in [9.17, 15) is 9.59 Å². The molecule has 2 amide bonds. The van der Waals surface area contributed by atoms with Gasteiger partial charge in [-0.15, -0.1) is 0 Å². The van der Waals surface area contributed by atoms with E-state index in [4.69, 9.17) is 9.47 Å². The molecule has 3 aromatic rings. The van der Waals surface area contributed by atoms with Crippen molar-refractivity contribution in [1.29, 1.82) is 0 Å². The van der Waals surface area contributed by atoms with Crippen LogP contribution in [0.25, 0.3) is 0 Å². The number of anilines is 2. The van der Waals surface area contributed by atoms with Crippen molar-refractivity contribution in [3.8, 4) is 11.5 Å². The summed E-state index contributed by atoms with van der Waals surface area (Å²) in [4.78, 5) is 26.5. The van der Waals surface area contributed by atoms with Crippen molar-refractivity contribution in [2.24, 2.45) is 0 Å². The highest BCUT2D eigenvalue weighted by Crippen LogP contribution is 2.35. The molecule has 0 unspecified atom stereocenters. The molecule has 0 atom stereocenters. The fraction of sp³-hybridized carbons (Fsp3) is 0.200. The molecule has 31 heavy (non-hydrogen) atoms. The number of para-hydroxylation sites is 1. The lowest BCUT2D eigenvalue weighted by molar-refractivity contribution is -0.121. The monoisotopic (exact) mass is 416 g/mol. The zero-order valence-corrected chi connectivity index (χ0v) is 17.6. The number of nitrogens with zero attached hydrogens (tertiary/aromatic N) is 1. The lowest BCUT2D eigenvalue weighted by Crippen LogP contribution is -2.38. The van der Waals surface area contributed by atoms with Gasteiger partial charge >= 0.3 is 0 Å². The van der Waals surface area contributed by atoms with Crippen molar-refractivity contribution < 1.29 is 19.1 Å². The number of nitrogens with one attached hydrogen (secondary N) is 1. The second-order valence-corrected chi connectivity index (χ2v) is 7.49. The second kappa shape index (κ2) is 8.92. The van der Waals surface area contributed by atoms with E-state index in [1.807, 2.05) is 62.4 Å². The Morgan fingerprint density at radius 1 is 1.03 bits per heavy atom. The first kappa shape index (κ1) is 20.5. The van der Waals surface area contributed by atoms with Crippen LogP contribution in [0.4, 0.5) is 11.4 Å². The first-order chi connectivity index (χ1) is 15.0. The number of aryl methyl sites for hydroxylation is 2.